The molecule has 1 saturated heterocycles. The molecule has 2 aromatic rings. The number of halogens is 1. The average Bonchev–Trinajstić information content (AvgIpc) is 2.78. The van der Waals surface area contributed by atoms with E-state index in [0.29, 0.717) is 29.2 Å². The van der Waals surface area contributed by atoms with Gasteiger partial charge in [-0.2, -0.15) is 0 Å². The van der Waals surface area contributed by atoms with Crippen LogP contribution in [0.5, 0.6) is 11.5 Å². The van der Waals surface area contributed by atoms with Crippen molar-refractivity contribution in [1.82, 2.24) is 0 Å². The van der Waals surface area contributed by atoms with Crippen LogP contribution in [0, 0.1) is 0 Å². The number of anilines is 2. The van der Waals surface area contributed by atoms with Gasteiger partial charge >= 0.3 is 0 Å². The molecule has 1 heterocycles. The summed E-state index contributed by atoms with van der Waals surface area (Å²) < 4.78 is 16.4. The molecule has 0 aromatic heterocycles. The van der Waals surface area contributed by atoms with E-state index in [2.05, 4.69) is 10.6 Å². The van der Waals surface area contributed by atoms with Crippen molar-refractivity contribution in [3.05, 3.63) is 53.1 Å². The van der Waals surface area contributed by atoms with E-state index in [0.717, 1.165) is 49.4 Å². The highest BCUT2D eigenvalue weighted by Crippen LogP contribution is 2.36. The second kappa shape index (κ2) is 11.6. The second-order valence-electron chi connectivity index (χ2n) is 7.31. The number of carbonyl (C=O) groups excluding carboxylic acids is 1. The summed E-state index contributed by atoms with van der Waals surface area (Å²) in [6.45, 7) is 4.16. The van der Waals surface area contributed by atoms with Gasteiger partial charge in [0.25, 0.3) is 0 Å². The van der Waals surface area contributed by atoms with Crippen molar-refractivity contribution in [3.8, 4) is 11.5 Å². The first kappa shape index (κ1) is 23.0. The SMILES string of the molecule is CCCOc1c(Cl)cc(/C=C\C(=O)Nc2ccc(NC3CCOCC3)cc2)cc1OC. The maximum atomic E-state index is 12.3. The molecule has 2 aromatic carbocycles. The Bertz CT molecular complexity index is 893. The van der Waals surface area contributed by atoms with Crippen LogP contribution < -0.4 is 20.1 Å². The summed E-state index contributed by atoms with van der Waals surface area (Å²) >= 11 is 6.33. The molecule has 6 nitrogen and oxygen atoms in total. The predicted molar refractivity (Wildman–Crippen MR) is 125 cm³/mol. The zero-order valence-electron chi connectivity index (χ0n) is 17.9. The van der Waals surface area contributed by atoms with Crippen LogP contribution in [0.25, 0.3) is 6.08 Å². The highest BCUT2D eigenvalue weighted by atomic mass is 35.5. The number of benzene rings is 2. The lowest BCUT2D eigenvalue weighted by Gasteiger charge is -2.24. The first-order chi connectivity index (χ1) is 15.1. The van der Waals surface area contributed by atoms with Crippen molar-refractivity contribution in [1.29, 1.82) is 0 Å². The van der Waals surface area contributed by atoms with Crippen LogP contribution in [0.4, 0.5) is 11.4 Å². The van der Waals surface area contributed by atoms with E-state index < -0.39 is 0 Å². The molecule has 0 saturated carbocycles. The van der Waals surface area contributed by atoms with Crippen LogP contribution in [0.1, 0.15) is 31.7 Å². The number of ether oxygens (including phenoxy) is 3. The van der Waals surface area contributed by atoms with Crippen molar-refractivity contribution in [3.63, 3.8) is 0 Å². The number of rotatable bonds is 9. The molecule has 166 valence electrons. The third kappa shape index (κ3) is 6.91. The van der Waals surface area contributed by atoms with Gasteiger partial charge < -0.3 is 24.8 Å². The normalized spacial score (nSPS) is 14.4. The van der Waals surface area contributed by atoms with Crippen molar-refractivity contribution in [2.75, 3.05) is 37.6 Å². The zero-order valence-corrected chi connectivity index (χ0v) is 18.7. The standard InChI is InChI=1S/C24H29ClN2O4/c1-3-12-31-24-21(25)15-17(16-22(24)29-2)4-9-23(28)27-19-7-5-18(6-8-19)26-20-10-13-30-14-11-20/h4-9,15-16,20,26H,3,10-14H2,1-2H3,(H,27,28)/b9-4-. The minimum Gasteiger partial charge on any atom is -0.493 e. The summed E-state index contributed by atoms with van der Waals surface area (Å²) in [5.74, 6) is 0.822. The van der Waals surface area contributed by atoms with E-state index >= 15 is 0 Å². The van der Waals surface area contributed by atoms with E-state index in [9.17, 15) is 4.79 Å². The van der Waals surface area contributed by atoms with Gasteiger partial charge in [0.15, 0.2) is 11.5 Å². The Morgan fingerprint density at radius 2 is 1.90 bits per heavy atom. The maximum absolute atomic E-state index is 12.3. The second-order valence-corrected chi connectivity index (χ2v) is 7.72. The third-order valence-electron chi connectivity index (χ3n) is 4.87. The molecule has 0 atom stereocenters. The summed E-state index contributed by atoms with van der Waals surface area (Å²) in [5.41, 5.74) is 2.51. The van der Waals surface area contributed by atoms with Gasteiger partial charge in [-0.05, 0) is 67.3 Å². The maximum Gasteiger partial charge on any atom is 0.248 e. The molecule has 0 radical (unpaired) electrons. The lowest BCUT2D eigenvalue weighted by atomic mass is 10.1. The molecule has 0 unspecified atom stereocenters. The molecule has 0 aliphatic carbocycles. The highest BCUT2D eigenvalue weighted by molar-refractivity contribution is 6.32. The number of methoxy groups -OCH3 is 1. The summed E-state index contributed by atoms with van der Waals surface area (Å²) in [4.78, 5) is 12.3. The molecule has 2 N–H and O–H groups in total. The number of hydrogen-bond donors (Lipinski definition) is 2. The summed E-state index contributed by atoms with van der Waals surface area (Å²) in [7, 11) is 1.56. The van der Waals surface area contributed by atoms with E-state index in [1.807, 2.05) is 31.2 Å². The smallest absolute Gasteiger partial charge is 0.248 e. The van der Waals surface area contributed by atoms with Gasteiger partial charge in [0.1, 0.15) is 0 Å². The number of nitrogens with one attached hydrogen (secondary N) is 2. The summed E-state index contributed by atoms with van der Waals surface area (Å²) in [6.07, 6.45) is 6.03. The molecule has 0 spiro atoms. The lowest BCUT2D eigenvalue weighted by molar-refractivity contribution is -0.111. The largest absolute Gasteiger partial charge is 0.493 e. The lowest BCUT2D eigenvalue weighted by Crippen LogP contribution is -2.27. The quantitative estimate of drug-likeness (QED) is 0.508. The van der Waals surface area contributed by atoms with Crippen LogP contribution in [-0.2, 0) is 9.53 Å². The Hall–Kier alpha value is -2.70. The van der Waals surface area contributed by atoms with Gasteiger partial charge in [0, 0.05) is 36.7 Å². The Labute approximate surface area is 188 Å². The fourth-order valence-electron chi connectivity index (χ4n) is 3.26. The molecule has 1 amide bonds. The van der Waals surface area contributed by atoms with Gasteiger partial charge in [-0.15, -0.1) is 0 Å². The predicted octanol–water partition coefficient (Wildman–Crippen LogP) is 5.38. The fourth-order valence-corrected chi connectivity index (χ4v) is 3.54. The molecular weight excluding hydrogens is 416 g/mol. The van der Waals surface area contributed by atoms with Gasteiger partial charge in [0.2, 0.25) is 5.91 Å². The van der Waals surface area contributed by atoms with Crippen LogP contribution in [0.2, 0.25) is 5.02 Å². The average molecular weight is 445 g/mol. The zero-order chi connectivity index (χ0) is 22.1. The molecule has 3 rings (SSSR count). The van der Waals surface area contributed by atoms with Crippen LogP contribution in [0.15, 0.2) is 42.5 Å². The van der Waals surface area contributed by atoms with Crippen LogP contribution >= 0.6 is 11.6 Å². The van der Waals surface area contributed by atoms with Gasteiger partial charge in [-0.25, -0.2) is 0 Å². The highest BCUT2D eigenvalue weighted by Gasteiger charge is 2.13. The van der Waals surface area contributed by atoms with E-state index in [-0.39, 0.29) is 5.91 Å². The van der Waals surface area contributed by atoms with E-state index in [1.54, 1.807) is 25.3 Å². The van der Waals surface area contributed by atoms with Crippen LogP contribution in [0.3, 0.4) is 0 Å². The van der Waals surface area contributed by atoms with Crippen molar-refractivity contribution in [2.24, 2.45) is 0 Å². The molecule has 0 bridgehead atoms. The van der Waals surface area contributed by atoms with Gasteiger partial charge in [-0.1, -0.05) is 18.5 Å². The Morgan fingerprint density at radius 3 is 2.58 bits per heavy atom. The topological polar surface area (TPSA) is 68.8 Å². The summed E-state index contributed by atoms with van der Waals surface area (Å²) in [5, 5.41) is 6.81. The fraction of sp³-hybridized carbons (Fsp3) is 0.375. The molecule has 1 fully saturated rings. The first-order valence-electron chi connectivity index (χ1n) is 10.5. The molecule has 7 heteroatoms. The summed E-state index contributed by atoms with van der Waals surface area (Å²) in [6, 6.07) is 11.7. The molecule has 1 aliphatic heterocycles. The number of amides is 1. The Morgan fingerprint density at radius 1 is 1.19 bits per heavy atom. The minimum atomic E-state index is -0.230. The monoisotopic (exact) mass is 444 g/mol. The molecule has 31 heavy (non-hydrogen) atoms. The first-order valence-corrected chi connectivity index (χ1v) is 10.9. The number of carbonyl (C=O) groups is 1. The minimum absolute atomic E-state index is 0.230. The number of hydrogen-bond acceptors (Lipinski definition) is 5. The van der Waals surface area contributed by atoms with Crippen molar-refractivity contribution < 1.29 is 19.0 Å². The van der Waals surface area contributed by atoms with E-state index in [1.165, 1.54) is 6.08 Å². The Kier molecular flexibility index (Phi) is 8.62. The van der Waals surface area contributed by atoms with E-state index in [4.69, 9.17) is 25.8 Å². The van der Waals surface area contributed by atoms with Gasteiger partial charge in [0.05, 0.1) is 18.7 Å². The third-order valence-corrected chi connectivity index (χ3v) is 5.15. The van der Waals surface area contributed by atoms with Crippen LogP contribution in [-0.4, -0.2) is 38.9 Å². The molecular formula is C24H29ClN2O4. The van der Waals surface area contributed by atoms with Crippen molar-refractivity contribution in [2.45, 2.75) is 32.2 Å². The van der Waals surface area contributed by atoms with Crippen molar-refractivity contribution >= 4 is 35.0 Å². The Balaban J connectivity index is 1.58. The van der Waals surface area contributed by atoms with Gasteiger partial charge in [-0.3, -0.25) is 4.79 Å². The molecule has 1 aliphatic rings.